The van der Waals surface area contributed by atoms with Crippen molar-refractivity contribution in [1.82, 2.24) is 15.8 Å². The van der Waals surface area contributed by atoms with Crippen LogP contribution in [0.5, 0.6) is 0 Å². The minimum absolute atomic E-state index is 0.0169. The van der Waals surface area contributed by atoms with Gasteiger partial charge in [0.25, 0.3) is 0 Å². The molecule has 2 aliphatic rings. The average Bonchev–Trinajstić information content (AvgIpc) is 2.46. The Morgan fingerprint density at radius 3 is 2.63 bits per heavy atom. The van der Waals surface area contributed by atoms with Gasteiger partial charge >= 0.3 is 0 Å². The van der Waals surface area contributed by atoms with E-state index in [1.165, 1.54) is 6.08 Å². The summed E-state index contributed by atoms with van der Waals surface area (Å²) in [5.41, 5.74) is 7.50. The number of likely N-dealkylation sites (tertiary alicyclic amines) is 1. The van der Waals surface area contributed by atoms with Crippen molar-refractivity contribution >= 4 is 22.7 Å². The first-order valence-electron chi connectivity index (χ1n) is 6.21. The number of amides is 1. The molecule has 0 spiro atoms. The summed E-state index contributed by atoms with van der Waals surface area (Å²) >= 11 is 5.80. The van der Waals surface area contributed by atoms with Crippen LogP contribution in [0.25, 0.3) is 0 Å². The second-order valence-corrected chi connectivity index (χ2v) is 4.94. The summed E-state index contributed by atoms with van der Waals surface area (Å²) < 4.78 is 0. The topological polar surface area (TPSA) is 68.2 Å². The lowest BCUT2D eigenvalue weighted by atomic mass is 9.85. The van der Waals surface area contributed by atoms with Crippen molar-refractivity contribution in [2.45, 2.75) is 12.8 Å². The molecule has 2 heterocycles. The van der Waals surface area contributed by atoms with Gasteiger partial charge in [0, 0.05) is 31.1 Å². The van der Waals surface area contributed by atoms with Gasteiger partial charge in [-0.05, 0) is 30.4 Å². The van der Waals surface area contributed by atoms with Gasteiger partial charge in [-0.1, -0.05) is 18.2 Å². The zero-order valence-corrected chi connectivity index (χ0v) is 11.3. The van der Waals surface area contributed by atoms with E-state index >= 15 is 0 Å². The molecule has 2 aliphatic heterocycles. The van der Waals surface area contributed by atoms with Gasteiger partial charge in [-0.25, -0.2) is 0 Å². The summed E-state index contributed by atoms with van der Waals surface area (Å²) in [4.78, 5) is 13.3. The van der Waals surface area contributed by atoms with Crippen molar-refractivity contribution in [1.29, 1.82) is 5.41 Å². The first-order chi connectivity index (χ1) is 9.13. The summed E-state index contributed by atoms with van der Waals surface area (Å²) in [6.45, 7) is 4.93. The van der Waals surface area contributed by atoms with E-state index < -0.39 is 0 Å². The average molecular weight is 281 g/mol. The second kappa shape index (κ2) is 5.93. The third-order valence-corrected chi connectivity index (χ3v) is 3.70. The third kappa shape index (κ3) is 2.98. The monoisotopic (exact) mass is 280 g/mol. The van der Waals surface area contributed by atoms with Crippen LogP contribution < -0.4 is 10.9 Å². The highest BCUT2D eigenvalue weighted by Gasteiger charge is 2.27. The van der Waals surface area contributed by atoms with Crippen LogP contribution in [0.4, 0.5) is 0 Å². The lowest BCUT2D eigenvalue weighted by molar-refractivity contribution is -0.127. The fourth-order valence-corrected chi connectivity index (χ4v) is 2.63. The van der Waals surface area contributed by atoms with Crippen LogP contribution >= 0.6 is 11.6 Å². The summed E-state index contributed by atoms with van der Waals surface area (Å²) in [6.07, 6.45) is 6.64. The number of hydrogen-bond donors (Lipinski definition) is 3. The Hall–Kier alpha value is -1.75. The Labute approximate surface area is 117 Å². The molecule has 2 rings (SSSR count). The minimum Gasteiger partial charge on any atom is -0.339 e. The predicted octanol–water partition coefficient (Wildman–Crippen LogP) is 1.50. The molecule has 0 unspecified atom stereocenters. The maximum atomic E-state index is 11.5. The highest BCUT2D eigenvalue weighted by Crippen LogP contribution is 2.31. The first-order valence-corrected chi connectivity index (χ1v) is 6.58. The largest absolute Gasteiger partial charge is 0.339 e. The normalized spacial score (nSPS) is 19.7. The van der Waals surface area contributed by atoms with Crippen LogP contribution in [0.15, 0.2) is 36.2 Å². The van der Waals surface area contributed by atoms with Crippen LogP contribution in [0, 0.1) is 11.3 Å². The standard InChI is InChI=1S/C13H17ClN4O/c1-2-12(19)18-5-3-9(4-6-18)10-7-16-17-8-11(10)13(14)15/h2,7-9,15-17H,1,3-6H2. The minimum atomic E-state index is -0.0169. The predicted molar refractivity (Wildman–Crippen MR) is 75.5 cm³/mol. The number of nitrogens with one attached hydrogen (secondary N) is 3. The van der Waals surface area contributed by atoms with E-state index in [0.717, 1.165) is 18.4 Å². The van der Waals surface area contributed by atoms with Gasteiger partial charge in [0.1, 0.15) is 5.17 Å². The maximum absolute atomic E-state index is 11.5. The molecule has 1 amide bonds. The van der Waals surface area contributed by atoms with Crippen molar-refractivity contribution in [2.75, 3.05) is 13.1 Å². The molecule has 6 heteroatoms. The number of carbonyl (C=O) groups excluding carboxylic acids is 1. The molecular formula is C13H17ClN4O. The molecule has 0 radical (unpaired) electrons. The van der Waals surface area contributed by atoms with E-state index in [9.17, 15) is 4.79 Å². The van der Waals surface area contributed by atoms with Crippen LogP contribution in [-0.2, 0) is 4.79 Å². The molecule has 102 valence electrons. The molecule has 0 aromatic heterocycles. The van der Waals surface area contributed by atoms with Crippen molar-refractivity contribution in [2.24, 2.45) is 5.92 Å². The van der Waals surface area contributed by atoms with Crippen molar-refractivity contribution in [3.05, 3.63) is 36.2 Å². The number of halogens is 1. The zero-order chi connectivity index (χ0) is 13.8. The van der Waals surface area contributed by atoms with Gasteiger partial charge in [-0.15, -0.1) is 0 Å². The number of piperidine rings is 1. The maximum Gasteiger partial charge on any atom is 0.245 e. The number of allylic oxidation sites excluding steroid dienone is 2. The van der Waals surface area contributed by atoms with Gasteiger partial charge in [-0.2, -0.15) is 0 Å². The lowest BCUT2D eigenvalue weighted by Gasteiger charge is -2.34. The number of hydrogen-bond acceptors (Lipinski definition) is 4. The van der Waals surface area contributed by atoms with Crippen LogP contribution in [0.1, 0.15) is 12.8 Å². The quantitative estimate of drug-likeness (QED) is 0.542. The van der Waals surface area contributed by atoms with Gasteiger partial charge < -0.3 is 15.8 Å². The van der Waals surface area contributed by atoms with E-state index in [2.05, 4.69) is 17.4 Å². The number of nitrogens with zero attached hydrogens (tertiary/aromatic N) is 1. The van der Waals surface area contributed by atoms with E-state index in [1.54, 1.807) is 11.1 Å². The van der Waals surface area contributed by atoms with E-state index in [-0.39, 0.29) is 11.1 Å². The Morgan fingerprint density at radius 2 is 2.05 bits per heavy atom. The highest BCUT2D eigenvalue weighted by molar-refractivity contribution is 6.69. The smallest absolute Gasteiger partial charge is 0.245 e. The molecule has 19 heavy (non-hydrogen) atoms. The Kier molecular flexibility index (Phi) is 4.27. The van der Waals surface area contributed by atoms with Crippen molar-refractivity contribution in [3.8, 4) is 0 Å². The Bertz CT molecular complexity index is 461. The highest BCUT2D eigenvalue weighted by atomic mass is 35.5. The van der Waals surface area contributed by atoms with Gasteiger partial charge in [0.2, 0.25) is 5.91 Å². The number of rotatable bonds is 3. The van der Waals surface area contributed by atoms with E-state index in [4.69, 9.17) is 17.0 Å². The Morgan fingerprint density at radius 1 is 1.42 bits per heavy atom. The fraction of sp³-hybridized carbons (Fsp3) is 0.385. The summed E-state index contributed by atoms with van der Waals surface area (Å²) in [7, 11) is 0. The SMILES string of the molecule is C=CC(=O)N1CCC(C2=CNNC=C2C(=N)Cl)CC1. The molecular weight excluding hydrogens is 264 g/mol. The third-order valence-electron chi connectivity index (χ3n) is 3.50. The number of hydrazine groups is 1. The molecule has 0 aromatic carbocycles. The van der Waals surface area contributed by atoms with Gasteiger partial charge in [-0.3, -0.25) is 10.2 Å². The molecule has 1 saturated heterocycles. The molecule has 0 aromatic rings. The molecule has 1 fully saturated rings. The van der Waals surface area contributed by atoms with E-state index in [1.807, 2.05) is 6.20 Å². The molecule has 0 bridgehead atoms. The first kappa shape index (κ1) is 13.7. The summed E-state index contributed by atoms with van der Waals surface area (Å²) in [6, 6.07) is 0. The summed E-state index contributed by atoms with van der Waals surface area (Å²) in [5.74, 6) is 0.297. The van der Waals surface area contributed by atoms with Crippen molar-refractivity contribution < 1.29 is 4.79 Å². The van der Waals surface area contributed by atoms with Gasteiger partial charge in [0.05, 0.1) is 0 Å². The van der Waals surface area contributed by atoms with Crippen LogP contribution in [0.2, 0.25) is 0 Å². The second-order valence-electron chi connectivity index (χ2n) is 4.56. The molecule has 5 nitrogen and oxygen atoms in total. The lowest BCUT2D eigenvalue weighted by Crippen LogP contribution is -2.39. The molecule has 0 atom stereocenters. The summed E-state index contributed by atoms with van der Waals surface area (Å²) in [5, 5.41) is 7.62. The molecule has 0 saturated carbocycles. The Balaban J connectivity index is 2.03. The van der Waals surface area contributed by atoms with E-state index in [0.29, 0.717) is 24.6 Å². The molecule has 0 aliphatic carbocycles. The zero-order valence-electron chi connectivity index (χ0n) is 10.6. The fourth-order valence-electron chi connectivity index (χ4n) is 2.46. The molecule has 3 N–H and O–H groups in total. The van der Waals surface area contributed by atoms with Gasteiger partial charge in [0.15, 0.2) is 0 Å². The van der Waals surface area contributed by atoms with Crippen LogP contribution in [-0.4, -0.2) is 29.1 Å². The van der Waals surface area contributed by atoms with Crippen LogP contribution in [0.3, 0.4) is 0 Å². The number of carbonyl (C=O) groups is 1. The van der Waals surface area contributed by atoms with Crippen molar-refractivity contribution in [3.63, 3.8) is 0 Å².